The lowest BCUT2D eigenvalue weighted by molar-refractivity contribution is 0.107. The second-order valence-corrected chi connectivity index (χ2v) is 7.06. The molecule has 1 unspecified atom stereocenters. The minimum absolute atomic E-state index is 0.226. The van der Waals surface area contributed by atoms with Crippen LogP contribution in [-0.4, -0.2) is 5.52 Å². The molecular weight excluding hydrogens is 279 g/mol. The molecule has 2 rings (SSSR count). The van der Waals surface area contributed by atoms with E-state index in [1.165, 1.54) is 11.1 Å². The summed E-state index contributed by atoms with van der Waals surface area (Å²) in [4.78, 5) is 12.7. The first kappa shape index (κ1) is 15.7. The van der Waals surface area contributed by atoms with Crippen LogP contribution < -0.4 is 5.30 Å². The van der Waals surface area contributed by atoms with Crippen LogP contribution in [0.15, 0.2) is 36.4 Å². The molecule has 1 atom stereocenters. The van der Waals surface area contributed by atoms with E-state index >= 15 is 0 Å². The molecule has 2 nitrogen and oxygen atoms in total. The Morgan fingerprint density at radius 2 is 1.67 bits per heavy atom. The number of hydrogen-bond donors (Lipinski definition) is 0. The summed E-state index contributed by atoms with van der Waals surface area (Å²) in [5.41, 5.74) is 4.70. The van der Waals surface area contributed by atoms with Gasteiger partial charge in [-0.2, -0.15) is 0 Å². The first-order chi connectivity index (χ1) is 9.97. The molecule has 3 heteroatoms. The van der Waals surface area contributed by atoms with Gasteiger partial charge in [-0.05, 0) is 49.4 Å². The van der Waals surface area contributed by atoms with E-state index in [4.69, 9.17) is 0 Å². The number of rotatable bonds is 4. The van der Waals surface area contributed by atoms with Gasteiger partial charge in [-0.1, -0.05) is 43.3 Å². The van der Waals surface area contributed by atoms with Crippen molar-refractivity contribution in [2.24, 2.45) is 0 Å². The topological polar surface area (TPSA) is 34.1 Å². The van der Waals surface area contributed by atoms with Crippen molar-refractivity contribution in [2.75, 3.05) is 0 Å². The Bertz CT molecular complexity index is 703. The van der Waals surface area contributed by atoms with Gasteiger partial charge in [0.1, 0.15) is 0 Å². The van der Waals surface area contributed by atoms with Crippen molar-refractivity contribution in [1.29, 1.82) is 0 Å². The van der Waals surface area contributed by atoms with Crippen molar-refractivity contribution in [3.05, 3.63) is 64.2 Å². The van der Waals surface area contributed by atoms with Gasteiger partial charge in [0.15, 0.2) is 7.80 Å². The Labute approximate surface area is 127 Å². The predicted molar refractivity (Wildman–Crippen MR) is 89.4 cm³/mol. The van der Waals surface area contributed by atoms with Gasteiger partial charge in [-0.25, -0.2) is 0 Å². The zero-order valence-electron chi connectivity index (χ0n) is 13.0. The van der Waals surface area contributed by atoms with Crippen LogP contribution in [0.25, 0.3) is 0 Å². The lowest BCUT2D eigenvalue weighted by atomic mass is 9.93. The van der Waals surface area contributed by atoms with Crippen molar-refractivity contribution >= 4 is 18.6 Å². The van der Waals surface area contributed by atoms with Gasteiger partial charge in [0.25, 0.3) is 0 Å². The van der Waals surface area contributed by atoms with Crippen LogP contribution in [0.4, 0.5) is 0 Å². The monoisotopic (exact) mass is 300 g/mol. The molecule has 21 heavy (non-hydrogen) atoms. The highest BCUT2D eigenvalue weighted by Gasteiger charge is 2.22. The van der Waals surface area contributed by atoms with Crippen molar-refractivity contribution in [3.63, 3.8) is 0 Å². The molecule has 0 aliphatic rings. The number of benzene rings is 2. The smallest absolute Gasteiger partial charge is 0.223 e. The van der Waals surface area contributed by atoms with E-state index in [1.54, 1.807) is 12.1 Å². The van der Waals surface area contributed by atoms with Crippen LogP contribution in [0.3, 0.4) is 0 Å². The quantitative estimate of drug-likeness (QED) is 0.793. The van der Waals surface area contributed by atoms with Crippen molar-refractivity contribution in [3.8, 4) is 0 Å². The molecule has 0 fully saturated rings. The van der Waals surface area contributed by atoms with Crippen LogP contribution in [0.2, 0.25) is 0 Å². The van der Waals surface area contributed by atoms with Crippen LogP contribution in [0, 0.1) is 20.8 Å². The molecular formula is C18H21O2P. The first-order valence-electron chi connectivity index (χ1n) is 7.21. The van der Waals surface area contributed by atoms with Gasteiger partial charge in [0.05, 0.1) is 0 Å². The number of aryl methyl sites for hydroxylation is 2. The third-order valence-electron chi connectivity index (χ3n) is 3.95. The van der Waals surface area contributed by atoms with Gasteiger partial charge in [-0.15, -0.1) is 0 Å². The van der Waals surface area contributed by atoms with E-state index < -0.39 is 7.80 Å². The normalized spacial score (nSPS) is 12.2. The molecule has 0 aliphatic carbocycles. The SMILES string of the molecule is CCc1c(C)cc(C)c(C(=O)[PH](=O)c2ccccc2)c1C. The van der Waals surface area contributed by atoms with Crippen molar-refractivity contribution in [2.45, 2.75) is 34.1 Å². The molecule has 0 heterocycles. The summed E-state index contributed by atoms with van der Waals surface area (Å²) in [6.45, 7) is 8.03. The summed E-state index contributed by atoms with van der Waals surface area (Å²) < 4.78 is 12.6. The Balaban J connectivity index is 2.52. The van der Waals surface area contributed by atoms with Gasteiger partial charge in [0, 0.05) is 10.9 Å². The Hall–Kier alpha value is -1.66. The molecule has 0 aromatic heterocycles. The molecule has 0 saturated heterocycles. The first-order valence-corrected chi connectivity index (χ1v) is 8.62. The number of carbonyl (C=O) groups excluding carboxylic acids is 1. The van der Waals surface area contributed by atoms with Crippen LogP contribution >= 0.6 is 7.80 Å². The lowest BCUT2D eigenvalue weighted by Crippen LogP contribution is -2.09. The maximum atomic E-state index is 12.7. The van der Waals surface area contributed by atoms with Crippen LogP contribution in [0.1, 0.15) is 39.5 Å². The van der Waals surface area contributed by atoms with E-state index in [0.29, 0.717) is 10.9 Å². The van der Waals surface area contributed by atoms with E-state index in [-0.39, 0.29) is 5.52 Å². The molecule has 0 N–H and O–H groups in total. The molecule has 110 valence electrons. The van der Waals surface area contributed by atoms with Crippen molar-refractivity contribution < 1.29 is 9.36 Å². The Kier molecular flexibility index (Phi) is 4.80. The van der Waals surface area contributed by atoms with Gasteiger partial charge in [-0.3, -0.25) is 4.79 Å². The largest absolute Gasteiger partial charge is 0.313 e. The summed E-state index contributed by atoms with van der Waals surface area (Å²) >= 11 is 0. The third-order valence-corrected chi connectivity index (χ3v) is 5.47. The van der Waals surface area contributed by atoms with E-state index in [2.05, 4.69) is 13.8 Å². The van der Waals surface area contributed by atoms with E-state index in [1.807, 2.05) is 38.1 Å². The van der Waals surface area contributed by atoms with E-state index in [9.17, 15) is 9.36 Å². The maximum Gasteiger partial charge on any atom is 0.223 e. The standard InChI is InChI=1S/C18H21O2P/c1-5-16-12(2)11-13(3)17(14(16)4)18(19)21(20)15-9-7-6-8-10-15/h6-11,21H,5H2,1-4H3. The average molecular weight is 300 g/mol. The second kappa shape index (κ2) is 6.41. The number of hydrogen-bond acceptors (Lipinski definition) is 2. The van der Waals surface area contributed by atoms with Crippen molar-refractivity contribution in [1.82, 2.24) is 0 Å². The Morgan fingerprint density at radius 3 is 2.24 bits per heavy atom. The summed E-state index contributed by atoms with van der Waals surface area (Å²) in [6.07, 6.45) is 0.879. The maximum absolute atomic E-state index is 12.7. The molecule has 2 aromatic carbocycles. The van der Waals surface area contributed by atoms with Gasteiger partial charge >= 0.3 is 0 Å². The second-order valence-electron chi connectivity index (χ2n) is 5.37. The fraction of sp³-hybridized carbons (Fsp3) is 0.278. The fourth-order valence-electron chi connectivity index (χ4n) is 2.95. The van der Waals surface area contributed by atoms with Crippen LogP contribution in [-0.2, 0) is 11.0 Å². The average Bonchev–Trinajstić information content (AvgIpc) is 2.47. The molecule has 0 bridgehead atoms. The van der Waals surface area contributed by atoms with Gasteiger partial charge < -0.3 is 4.57 Å². The van der Waals surface area contributed by atoms with Crippen LogP contribution in [0.5, 0.6) is 0 Å². The molecule has 0 saturated carbocycles. The molecule has 0 spiro atoms. The summed E-state index contributed by atoms with van der Waals surface area (Å²) in [6, 6.07) is 11.0. The third kappa shape index (κ3) is 3.01. The molecule has 2 aromatic rings. The highest BCUT2D eigenvalue weighted by molar-refractivity contribution is 7.71. The zero-order chi connectivity index (χ0) is 15.6. The number of carbonyl (C=O) groups is 1. The highest BCUT2D eigenvalue weighted by atomic mass is 31.1. The minimum atomic E-state index is -2.47. The summed E-state index contributed by atoms with van der Waals surface area (Å²) in [5.74, 6) is 0. The summed E-state index contributed by atoms with van der Waals surface area (Å²) in [5, 5.41) is 0.630. The molecule has 0 aliphatic heterocycles. The minimum Gasteiger partial charge on any atom is -0.313 e. The zero-order valence-corrected chi connectivity index (χ0v) is 14.0. The van der Waals surface area contributed by atoms with E-state index in [0.717, 1.165) is 17.5 Å². The predicted octanol–water partition coefficient (Wildman–Crippen LogP) is 4.20. The fourth-order valence-corrected chi connectivity index (χ4v) is 4.32. The highest BCUT2D eigenvalue weighted by Crippen LogP contribution is 2.32. The Morgan fingerprint density at radius 1 is 1.05 bits per heavy atom. The lowest BCUT2D eigenvalue weighted by Gasteiger charge is -2.15. The molecule has 0 amide bonds. The molecule has 0 radical (unpaired) electrons. The summed E-state index contributed by atoms with van der Waals surface area (Å²) in [7, 11) is -2.47. The van der Waals surface area contributed by atoms with Gasteiger partial charge in [0.2, 0.25) is 5.52 Å².